The van der Waals surface area contributed by atoms with Crippen LogP contribution in [0.1, 0.15) is 60.9 Å². The SMILES string of the molecule is C[C@@H]1C[C@H](O)c2ncnc(N3CCN(C(=O)[C@@H](c4ccc(Cl)cc4)[C@@H]4CCCN4C)CC3)c21. The second-order valence-corrected chi connectivity index (χ2v) is 10.1. The van der Waals surface area contributed by atoms with Crippen molar-refractivity contribution in [2.24, 2.45) is 0 Å². The number of fused-ring (bicyclic) bond motifs is 1. The number of likely N-dealkylation sites (N-methyl/N-ethyl adjacent to an activating group) is 1. The molecule has 5 rings (SSSR count). The Bertz CT molecular complexity index is 1010. The molecule has 0 saturated carbocycles. The average Bonchev–Trinajstić information content (AvgIpc) is 3.37. The number of piperazine rings is 1. The van der Waals surface area contributed by atoms with Crippen LogP contribution in [0.5, 0.6) is 0 Å². The lowest BCUT2D eigenvalue weighted by molar-refractivity contribution is -0.134. The molecule has 7 nitrogen and oxygen atoms in total. The zero-order chi connectivity index (χ0) is 23.1. The van der Waals surface area contributed by atoms with Gasteiger partial charge in [0.15, 0.2) is 0 Å². The number of carbonyl (C=O) groups excluding carboxylic acids is 1. The van der Waals surface area contributed by atoms with Crippen LogP contribution in [0.15, 0.2) is 30.6 Å². The normalized spacial score (nSPS) is 26.5. The van der Waals surface area contributed by atoms with E-state index in [1.807, 2.05) is 29.2 Å². The lowest BCUT2D eigenvalue weighted by Crippen LogP contribution is -2.52. The lowest BCUT2D eigenvalue weighted by Gasteiger charge is -2.39. The van der Waals surface area contributed by atoms with Gasteiger partial charge in [-0.05, 0) is 56.5 Å². The van der Waals surface area contributed by atoms with Crippen molar-refractivity contribution in [1.29, 1.82) is 0 Å². The summed E-state index contributed by atoms with van der Waals surface area (Å²) in [6, 6.07) is 7.99. The molecule has 3 heterocycles. The lowest BCUT2D eigenvalue weighted by atomic mass is 9.88. The number of amides is 1. The number of hydrogen-bond donors (Lipinski definition) is 1. The highest BCUT2D eigenvalue weighted by molar-refractivity contribution is 6.30. The Hall–Kier alpha value is -2.22. The first-order valence-corrected chi connectivity index (χ1v) is 12.3. The number of rotatable bonds is 4. The molecule has 1 aliphatic carbocycles. The summed E-state index contributed by atoms with van der Waals surface area (Å²) in [6.07, 6.45) is 3.89. The van der Waals surface area contributed by atoms with Gasteiger partial charge in [0, 0.05) is 42.8 Å². The summed E-state index contributed by atoms with van der Waals surface area (Å²) in [5.74, 6) is 1.17. The van der Waals surface area contributed by atoms with E-state index in [2.05, 4.69) is 33.7 Å². The number of hydrogen-bond acceptors (Lipinski definition) is 6. The van der Waals surface area contributed by atoms with Gasteiger partial charge in [0.2, 0.25) is 5.91 Å². The molecule has 1 aromatic heterocycles. The Labute approximate surface area is 200 Å². The third-order valence-corrected chi connectivity index (χ3v) is 7.88. The zero-order valence-corrected chi connectivity index (χ0v) is 20.1. The molecule has 4 atom stereocenters. The number of aromatic nitrogens is 2. The number of aliphatic hydroxyl groups is 1. The Morgan fingerprint density at radius 2 is 1.85 bits per heavy atom. The van der Waals surface area contributed by atoms with Crippen molar-refractivity contribution in [3.05, 3.63) is 52.4 Å². The molecule has 2 saturated heterocycles. The smallest absolute Gasteiger partial charge is 0.231 e. The molecular weight excluding hydrogens is 438 g/mol. The molecule has 2 fully saturated rings. The second-order valence-electron chi connectivity index (χ2n) is 9.68. The highest BCUT2D eigenvalue weighted by atomic mass is 35.5. The third-order valence-electron chi connectivity index (χ3n) is 7.63. The maximum Gasteiger partial charge on any atom is 0.231 e. The van der Waals surface area contributed by atoms with E-state index < -0.39 is 6.10 Å². The average molecular weight is 470 g/mol. The zero-order valence-electron chi connectivity index (χ0n) is 19.3. The number of likely N-dealkylation sites (tertiary alicyclic amines) is 1. The van der Waals surface area contributed by atoms with E-state index in [0.29, 0.717) is 24.5 Å². The minimum Gasteiger partial charge on any atom is -0.387 e. The van der Waals surface area contributed by atoms with Crippen molar-refractivity contribution >= 4 is 23.3 Å². The molecule has 176 valence electrons. The quantitative estimate of drug-likeness (QED) is 0.741. The van der Waals surface area contributed by atoms with Crippen molar-refractivity contribution in [3.8, 4) is 0 Å². The molecule has 33 heavy (non-hydrogen) atoms. The minimum absolute atomic E-state index is 0.181. The highest BCUT2D eigenvalue weighted by Gasteiger charge is 2.39. The summed E-state index contributed by atoms with van der Waals surface area (Å²) >= 11 is 6.13. The standard InChI is InChI=1S/C25H32ClN5O2/c1-16-14-20(32)23-21(16)24(28-15-27-23)30-10-12-31(13-11-30)25(33)22(19-4-3-9-29(19)2)17-5-7-18(26)8-6-17/h5-8,15-16,19-20,22,32H,3-4,9-14H2,1-2H3/t16-,19+,20+,22+/m1/s1. The number of benzene rings is 1. The van der Waals surface area contributed by atoms with Crippen LogP contribution in [-0.4, -0.2) is 76.6 Å². The van der Waals surface area contributed by atoms with Gasteiger partial charge in [-0.3, -0.25) is 4.79 Å². The summed E-state index contributed by atoms with van der Waals surface area (Å²) in [6.45, 7) is 5.93. The molecule has 0 spiro atoms. The van der Waals surface area contributed by atoms with Gasteiger partial charge in [-0.1, -0.05) is 30.7 Å². The number of aliphatic hydroxyl groups excluding tert-OH is 1. The molecule has 0 unspecified atom stereocenters. The monoisotopic (exact) mass is 469 g/mol. The Kier molecular flexibility index (Phi) is 6.29. The molecule has 2 aromatic rings. The minimum atomic E-state index is -0.511. The predicted molar refractivity (Wildman–Crippen MR) is 129 cm³/mol. The first kappa shape index (κ1) is 22.6. The second kappa shape index (κ2) is 9.20. The van der Waals surface area contributed by atoms with Crippen LogP contribution in [0, 0.1) is 0 Å². The maximum absolute atomic E-state index is 13.8. The van der Waals surface area contributed by atoms with E-state index in [9.17, 15) is 9.90 Å². The number of anilines is 1. The van der Waals surface area contributed by atoms with Crippen LogP contribution in [-0.2, 0) is 4.79 Å². The van der Waals surface area contributed by atoms with Gasteiger partial charge < -0.3 is 19.8 Å². The van der Waals surface area contributed by atoms with Crippen LogP contribution < -0.4 is 4.90 Å². The van der Waals surface area contributed by atoms with Gasteiger partial charge in [0.05, 0.1) is 17.7 Å². The summed E-state index contributed by atoms with van der Waals surface area (Å²) in [5, 5.41) is 11.0. The highest BCUT2D eigenvalue weighted by Crippen LogP contribution is 2.43. The maximum atomic E-state index is 13.8. The molecule has 1 N–H and O–H groups in total. The summed E-state index contributed by atoms with van der Waals surface area (Å²) in [4.78, 5) is 29.3. The molecule has 0 radical (unpaired) electrons. The molecule has 8 heteroatoms. The van der Waals surface area contributed by atoms with Gasteiger partial charge >= 0.3 is 0 Å². The van der Waals surface area contributed by atoms with Crippen LogP contribution in [0.2, 0.25) is 5.02 Å². The van der Waals surface area contributed by atoms with Crippen molar-refractivity contribution in [1.82, 2.24) is 19.8 Å². The van der Waals surface area contributed by atoms with Crippen LogP contribution in [0.4, 0.5) is 5.82 Å². The van der Waals surface area contributed by atoms with Gasteiger partial charge in [-0.25, -0.2) is 9.97 Å². The van der Waals surface area contributed by atoms with Crippen molar-refractivity contribution < 1.29 is 9.90 Å². The fraction of sp³-hybridized carbons (Fsp3) is 0.560. The number of halogens is 1. The van der Waals surface area contributed by atoms with Crippen molar-refractivity contribution in [3.63, 3.8) is 0 Å². The number of carbonyl (C=O) groups is 1. The molecule has 1 aromatic carbocycles. The van der Waals surface area contributed by atoms with E-state index in [1.54, 1.807) is 6.33 Å². The molecule has 3 aliphatic rings. The first-order chi connectivity index (χ1) is 15.9. The first-order valence-electron chi connectivity index (χ1n) is 12.0. The molecule has 0 bridgehead atoms. The molecule has 1 amide bonds. The fourth-order valence-corrected chi connectivity index (χ4v) is 5.97. The topological polar surface area (TPSA) is 72.8 Å². The van der Waals surface area contributed by atoms with Crippen LogP contribution in [0.3, 0.4) is 0 Å². The van der Waals surface area contributed by atoms with E-state index in [1.165, 1.54) is 0 Å². The predicted octanol–water partition coefficient (Wildman–Crippen LogP) is 3.20. The van der Waals surface area contributed by atoms with Crippen LogP contribution in [0.25, 0.3) is 0 Å². The largest absolute Gasteiger partial charge is 0.387 e. The fourth-order valence-electron chi connectivity index (χ4n) is 5.85. The summed E-state index contributed by atoms with van der Waals surface area (Å²) in [7, 11) is 2.12. The van der Waals surface area contributed by atoms with E-state index in [-0.39, 0.29) is 23.8 Å². The number of nitrogens with zero attached hydrogens (tertiary/aromatic N) is 5. The molecule has 2 aliphatic heterocycles. The van der Waals surface area contributed by atoms with Gasteiger partial charge in [0.1, 0.15) is 12.1 Å². The van der Waals surface area contributed by atoms with Crippen molar-refractivity contribution in [2.75, 3.05) is 44.7 Å². The van der Waals surface area contributed by atoms with Gasteiger partial charge in [0.25, 0.3) is 0 Å². The molecular formula is C25H32ClN5O2. The van der Waals surface area contributed by atoms with Gasteiger partial charge in [-0.15, -0.1) is 0 Å². The van der Waals surface area contributed by atoms with Gasteiger partial charge in [-0.2, -0.15) is 0 Å². The third kappa shape index (κ3) is 4.22. The van der Waals surface area contributed by atoms with E-state index >= 15 is 0 Å². The van der Waals surface area contributed by atoms with E-state index in [0.717, 1.165) is 55.1 Å². The Morgan fingerprint density at radius 3 is 2.52 bits per heavy atom. The van der Waals surface area contributed by atoms with Crippen LogP contribution >= 0.6 is 11.6 Å². The Balaban J connectivity index is 1.34. The summed E-state index contributed by atoms with van der Waals surface area (Å²) in [5.41, 5.74) is 2.87. The Morgan fingerprint density at radius 1 is 1.12 bits per heavy atom. The van der Waals surface area contributed by atoms with Crippen molar-refractivity contribution in [2.45, 2.75) is 50.2 Å². The van der Waals surface area contributed by atoms with E-state index in [4.69, 9.17) is 11.6 Å². The summed E-state index contributed by atoms with van der Waals surface area (Å²) < 4.78 is 0.